The Morgan fingerprint density at radius 3 is 2.23 bits per heavy atom. The third-order valence-corrected chi connectivity index (χ3v) is 5.66. The molecule has 3 aromatic rings. The van der Waals surface area contributed by atoms with Crippen molar-refractivity contribution in [1.29, 1.82) is 0 Å². The fraction of sp³-hybridized carbons (Fsp3) is 0.320. The smallest absolute Gasteiger partial charge is 0.0708 e. The maximum atomic E-state index is 8.95. The van der Waals surface area contributed by atoms with E-state index in [1.165, 1.54) is 11.1 Å². The van der Waals surface area contributed by atoms with Crippen molar-refractivity contribution in [2.45, 2.75) is 45.4 Å². The third-order valence-electron chi connectivity index (χ3n) is 5.66. The Balaban J connectivity index is 1.58. The molecule has 0 saturated heterocycles. The van der Waals surface area contributed by atoms with Gasteiger partial charge in [0.15, 0.2) is 0 Å². The van der Waals surface area contributed by atoms with Gasteiger partial charge in [-0.15, -0.1) is 0 Å². The second-order valence-corrected chi connectivity index (χ2v) is 8.14. The van der Waals surface area contributed by atoms with Gasteiger partial charge in [-0.2, -0.15) is 0 Å². The molecule has 0 bridgehead atoms. The van der Waals surface area contributed by atoms with Gasteiger partial charge in [0, 0.05) is 13.1 Å². The van der Waals surface area contributed by atoms with E-state index in [9.17, 15) is 0 Å². The molecule has 26 heavy (non-hydrogen) atoms. The Kier molecular flexibility index (Phi) is 4.30. The molecule has 2 aromatic carbocycles. The second kappa shape index (κ2) is 7.07. The highest BCUT2D eigenvalue weighted by molar-refractivity contribution is 5.70. The third kappa shape index (κ3) is 3.72. The van der Waals surface area contributed by atoms with Crippen molar-refractivity contribution in [2.75, 3.05) is 0 Å². The van der Waals surface area contributed by atoms with Crippen LogP contribution in [0.1, 0.15) is 52.4 Å². The van der Waals surface area contributed by atoms with E-state index in [4.69, 9.17) is 1.37 Å². The topological polar surface area (TPSA) is 12.9 Å². The van der Waals surface area contributed by atoms with E-state index in [1.54, 1.807) is 0 Å². The summed E-state index contributed by atoms with van der Waals surface area (Å²) in [6, 6.07) is 23.1. The number of hydrogen-bond acceptors (Lipinski definition) is 1. The van der Waals surface area contributed by atoms with Gasteiger partial charge in [-0.3, -0.25) is 4.98 Å². The Morgan fingerprint density at radius 1 is 0.846 bits per heavy atom. The molecule has 1 aliphatic carbocycles. The van der Waals surface area contributed by atoms with Crippen LogP contribution in [0.25, 0.3) is 22.4 Å². The van der Waals surface area contributed by atoms with Crippen LogP contribution < -0.4 is 0 Å². The van der Waals surface area contributed by atoms with Crippen LogP contribution in [-0.4, -0.2) is 4.98 Å². The predicted octanol–water partition coefficient (Wildman–Crippen LogP) is 7.10. The molecule has 1 heterocycles. The first-order valence-corrected chi connectivity index (χ1v) is 9.58. The van der Waals surface area contributed by atoms with E-state index in [2.05, 4.69) is 67.4 Å². The SMILES string of the molecule is [2H]C1(c2ccc(-c3ccnc(-c4ccccc4)c3)cc2)CCC(C)(C)CC1. The average molecular weight is 343 g/mol. The number of rotatable bonds is 3. The molecule has 1 fully saturated rings. The molecule has 1 heteroatoms. The summed E-state index contributed by atoms with van der Waals surface area (Å²) in [4.78, 5) is 4.52. The summed E-state index contributed by atoms with van der Waals surface area (Å²) in [7, 11) is 0. The van der Waals surface area contributed by atoms with E-state index < -0.39 is 5.89 Å². The minimum absolute atomic E-state index is 0.384. The van der Waals surface area contributed by atoms with E-state index in [0.29, 0.717) is 5.41 Å². The maximum absolute atomic E-state index is 8.95. The minimum atomic E-state index is -0.429. The molecule has 132 valence electrons. The van der Waals surface area contributed by atoms with Crippen LogP contribution in [0.5, 0.6) is 0 Å². The van der Waals surface area contributed by atoms with Crippen molar-refractivity contribution in [2.24, 2.45) is 5.41 Å². The largest absolute Gasteiger partial charge is 0.256 e. The molecule has 4 rings (SSSR count). The minimum Gasteiger partial charge on any atom is -0.256 e. The van der Waals surface area contributed by atoms with Gasteiger partial charge < -0.3 is 0 Å². The number of pyridine rings is 1. The molecule has 0 atom stereocenters. The fourth-order valence-corrected chi connectivity index (χ4v) is 3.79. The fourth-order valence-electron chi connectivity index (χ4n) is 3.79. The lowest BCUT2D eigenvalue weighted by Crippen LogP contribution is -2.20. The van der Waals surface area contributed by atoms with E-state index in [1.807, 2.05) is 24.4 Å². The van der Waals surface area contributed by atoms with Crippen molar-refractivity contribution in [3.8, 4) is 22.4 Å². The normalized spacial score (nSPS) is 18.9. The van der Waals surface area contributed by atoms with Crippen molar-refractivity contribution in [3.05, 3.63) is 78.5 Å². The molecule has 1 aromatic heterocycles. The van der Waals surface area contributed by atoms with Crippen LogP contribution in [0, 0.1) is 5.41 Å². The number of benzene rings is 2. The van der Waals surface area contributed by atoms with E-state index in [0.717, 1.165) is 42.5 Å². The van der Waals surface area contributed by atoms with Gasteiger partial charge in [-0.1, -0.05) is 68.4 Å². The molecule has 0 aliphatic heterocycles. The first-order valence-electron chi connectivity index (χ1n) is 10.1. The molecule has 1 saturated carbocycles. The number of hydrogen-bond donors (Lipinski definition) is 0. The summed E-state index contributed by atoms with van der Waals surface area (Å²) >= 11 is 0. The van der Waals surface area contributed by atoms with Crippen LogP contribution in [0.3, 0.4) is 0 Å². The Labute approximate surface area is 158 Å². The standard InChI is InChI=1S/C25H27N/c1-25(2)15-12-21(13-16-25)19-8-10-20(11-9-19)23-14-17-26-24(18-23)22-6-4-3-5-7-22/h3-11,14,17-18,21H,12-13,15-16H2,1-2H3/i21D. The molecule has 0 spiro atoms. The molecular weight excluding hydrogens is 314 g/mol. The zero-order valence-corrected chi connectivity index (χ0v) is 15.7. The van der Waals surface area contributed by atoms with Crippen molar-refractivity contribution in [3.63, 3.8) is 0 Å². The Bertz CT molecular complexity index is 903. The summed E-state index contributed by atoms with van der Waals surface area (Å²) in [5.41, 5.74) is 6.00. The molecule has 0 unspecified atom stereocenters. The van der Waals surface area contributed by atoms with Crippen molar-refractivity contribution < 1.29 is 1.37 Å². The zero-order chi connectivity index (χ0) is 18.9. The van der Waals surface area contributed by atoms with Crippen LogP contribution in [0.4, 0.5) is 0 Å². The van der Waals surface area contributed by atoms with Gasteiger partial charge in [0.2, 0.25) is 0 Å². The lowest BCUT2D eigenvalue weighted by atomic mass is 9.71. The van der Waals surface area contributed by atoms with Crippen LogP contribution in [0.2, 0.25) is 0 Å². The molecular formula is C25H27N. The lowest BCUT2D eigenvalue weighted by Gasteiger charge is -2.34. The quantitative estimate of drug-likeness (QED) is 0.494. The summed E-state index contributed by atoms with van der Waals surface area (Å²) in [5.74, 6) is -0.429. The molecule has 0 N–H and O–H groups in total. The first kappa shape index (κ1) is 15.8. The summed E-state index contributed by atoms with van der Waals surface area (Å²) in [6.45, 7) is 4.65. The maximum Gasteiger partial charge on any atom is 0.0708 e. The summed E-state index contributed by atoms with van der Waals surface area (Å²) in [6.07, 6.45) is 6.03. The van der Waals surface area contributed by atoms with Crippen molar-refractivity contribution in [1.82, 2.24) is 4.98 Å². The highest BCUT2D eigenvalue weighted by Crippen LogP contribution is 2.42. The van der Waals surface area contributed by atoms with Crippen molar-refractivity contribution >= 4 is 0 Å². The van der Waals surface area contributed by atoms with E-state index >= 15 is 0 Å². The Hall–Kier alpha value is -2.41. The molecule has 1 aliphatic rings. The molecule has 1 nitrogen and oxygen atoms in total. The number of nitrogens with zero attached hydrogens (tertiary/aromatic N) is 1. The molecule has 0 amide bonds. The van der Waals surface area contributed by atoms with Gasteiger partial charge in [-0.25, -0.2) is 0 Å². The van der Waals surface area contributed by atoms with Gasteiger partial charge >= 0.3 is 0 Å². The second-order valence-electron chi connectivity index (χ2n) is 8.14. The van der Waals surface area contributed by atoms with Gasteiger partial charge in [0.25, 0.3) is 0 Å². The van der Waals surface area contributed by atoms with Gasteiger partial charge in [0.05, 0.1) is 5.69 Å². The average Bonchev–Trinajstić information content (AvgIpc) is 2.71. The lowest BCUT2D eigenvalue weighted by molar-refractivity contribution is 0.224. The summed E-state index contributed by atoms with van der Waals surface area (Å²) in [5, 5.41) is 0. The first-order chi connectivity index (χ1) is 13.0. The van der Waals surface area contributed by atoms with Crippen LogP contribution >= 0.6 is 0 Å². The molecule has 0 radical (unpaired) electrons. The highest BCUT2D eigenvalue weighted by Gasteiger charge is 2.27. The van der Waals surface area contributed by atoms with Gasteiger partial charge in [-0.05, 0) is 65.8 Å². The van der Waals surface area contributed by atoms with Crippen LogP contribution in [-0.2, 0) is 0 Å². The highest BCUT2D eigenvalue weighted by atomic mass is 14.7. The summed E-state index contributed by atoms with van der Waals surface area (Å²) < 4.78 is 8.95. The monoisotopic (exact) mass is 342 g/mol. The number of aromatic nitrogens is 1. The predicted molar refractivity (Wildman–Crippen MR) is 110 cm³/mol. The van der Waals surface area contributed by atoms with Crippen LogP contribution in [0.15, 0.2) is 72.9 Å². The Morgan fingerprint density at radius 2 is 1.54 bits per heavy atom. The van der Waals surface area contributed by atoms with E-state index in [-0.39, 0.29) is 0 Å². The van der Waals surface area contributed by atoms with Gasteiger partial charge in [0.1, 0.15) is 0 Å². The zero-order valence-electron chi connectivity index (χ0n) is 16.7.